The molecule has 1 heterocycles. The van der Waals surface area contributed by atoms with E-state index in [1.54, 1.807) is 10.7 Å². The first-order chi connectivity index (χ1) is 6.27. The van der Waals surface area contributed by atoms with E-state index in [2.05, 4.69) is 12.0 Å². The summed E-state index contributed by atoms with van der Waals surface area (Å²) in [5, 5.41) is 22.3. The summed E-state index contributed by atoms with van der Waals surface area (Å²) in [5.41, 5.74) is 0.641. The lowest BCUT2D eigenvalue weighted by Crippen LogP contribution is -2.03. The summed E-state index contributed by atoms with van der Waals surface area (Å²) in [4.78, 5) is 0. The van der Waals surface area contributed by atoms with Crippen LogP contribution in [0.4, 0.5) is 0 Å². The van der Waals surface area contributed by atoms with Crippen molar-refractivity contribution >= 4 is 0 Å². The molecule has 0 saturated heterocycles. The fraction of sp³-hybridized carbons (Fsp3) is 0.667. The minimum Gasteiger partial charge on any atom is -0.396 e. The van der Waals surface area contributed by atoms with Gasteiger partial charge in [0.05, 0.1) is 11.8 Å². The predicted molar refractivity (Wildman–Crippen MR) is 49.2 cm³/mol. The number of aryl methyl sites for hydroxylation is 1. The first-order valence-corrected chi connectivity index (χ1v) is 4.60. The van der Waals surface area contributed by atoms with Gasteiger partial charge in [-0.25, -0.2) is 0 Å². The number of rotatable bonds is 5. The maximum Gasteiger partial charge on any atom is 0.1000 e. The molecule has 1 rings (SSSR count). The third kappa shape index (κ3) is 2.82. The molecule has 0 aliphatic rings. The fourth-order valence-electron chi connectivity index (χ4n) is 1.18. The van der Waals surface area contributed by atoms with Crippen LogP contribution in [0.1, 0.15) is 31.6 Å². The van der Waals surface area contributed by atoms with Crippen molar-refractivity contribution in [3.05, 3.63) is 18.0 Å². The summed E-state index contributed by atoms with van der Waals surface area (Å²) in [7, 11) is 0. The van der Waals surface area contributed by atoms with E-state index >= 15 is 0 Å². The highest BCUT2D eigenvalue weighted by atomic mass is 16.3. The van der Waals surface area contributed by atoms with Crippen LogP contribution in [-0.2, 0) is 6.54 Å². The van der Waals surface area contributed by atoms with Crippen LogP contribution in [0, 0.1) is 0 Å². The Hall–Kier alpha value is -0.870. The maximum atomic E-state index is 9.47. The summed E-state index contributed by atoms with van der Waals surface area (Å²) in [6.45, 7) is 2.93. The van der Waals surface area contributed by atoms with Crippen molar-refractivity contribution in [2.45, 2.75) is 32.4 Å². The molecule has 4 heteroatoms. The SMILES string of the molecule is CCCn1ccc([C@@H](O)CCO)n1. The van der Waals surface area contributed by atoms with Gasteiger partial charge < -0.3 is 10.2 Å². The number of aliphatic hydroxyl groups excluding tert-OH is 2. The van der Waals surface area contributed by atoms with Crippen molar-refractivity contribution in [1.29, 1.82) is 0 Å². The lowest BCUT2D eigenvalue weighted by molar-refractivity contribution is 0.130. The molecular formula is C9H16N2O2. The number of aromatic nitrogens is 2. The Balaban J connectivity index is 2.56. The van der Waals surface area contributed by atoms with Crippen molar-refractivity contribution < 1.29 is 10.2 Å². The van der Waals surface area contributed by atoms with E-state index in [0.717, 1.165) is 13.0 Å². The Bertz CT molecular complexity index is 248. The first kappa shape index (κ1) is 10.2. The van der Waals surface area contributed by atoms with Gasteiger partial charge in [-0.15, -0.1) is 0 Å². The Morgan fingerprint density at radius 2 is 2.38 bits per heavy atom. The highest BCUT2D eigenvalue weighted by molar-refractivity contribution is 5.02. The van der Waals surface area contributed by atoms with E-state index in [0.29, 0.717) is 12.1 Å². The molecule has 0 radical (unpaired) electrons. The molecule has 1 atom stereocenters. The lowest BCUT2D eigenvalue weighted by Gasteiger charge is -2.04. The monoisotopic (exact) mass is 184 g/mol. The van der Waals surface area contributed by atoms with Crippen LogP contribution in [0.5, 0.6) is 0 Å². The number of hydrogen-bond donors (Lipinski definition) is 2. The average Bonchev–Trinajstić information content (AvgIpc) is 2.54. The van der Waals surface area contributed by atoms with Gasteiger partial charge in [-0.05, 0) is 12.5 Å². The van der Waals surface area contributed by atoms with Gasteiger partial charge in [-0.1, -0.05) is 6.92 Å². The van der Waals surface area contributed by atoms with E-state index in [1.807, 2.05) is 6.20 Å². The summed E-state index contributed by atoms with van der Waals surface area (Å²) in [6.07, 6.45) is 2.59. The third-order valence-corrected chi connectivity index (χ3v) is 1.86. The predicted octanol–water partition coefficient (Wildman–Crippen LogP) is 0.709. The summed E-state index contributed by atoms with van der Waals surface area (Å²) in [5.74, 6) is 0. The van der Waals surface area contributed by atoms with Gasteiger partial charge in [0.1, 0.15) is 0 Å². The van der Waals surface area contributed by atoms with E-state index < -0.39 is 6.10 Å². The molecule has 0 bridgehead atoms. The quantitative estimate of drug-likeness (QED) is 0.708. The second-order valence-corrected chi connectivity index (χ2v) is 3.03. The van der Waals surface area contributed by atoms with E-state index in [1.165, 1.54) is 0 Å². The number of nitrogens with zero attached hydrogens (tertiary/aromatic N) is 2. The molecule has 0 aliphatic heterocycles. The van der Waals surface area contributed by atoms with Gasteiger partial charge >= 0.3 is 0 Å². The molecule has 74 valence electrons. The van der Waals surface area contributed by atoms with Crippen LogP contribution in [0.25, 0.3) is 0 Å². The van der Waals surface area contributed by atoms with Crippen molar-refractivity contribution in [1.82, 2.24) is 9.78 Å². The molecule has 0 amide bonds. The van der Waals surface area contributed by atoms with Crippen LogP contribution in [0.2, 0.25) is 0 Å². The zero-order chi connectivity index (χ0) is 9.68. The Morgan fingerprint density at radius 3 is 3.00 bits per heavy atom. The van der Waals surface area contributed by atoms with Gasteiger partial charge in [0.2, 0.25) is 0 Å². The van der Waals surface area contributed by atoms with E-state index in [-0.39, 0.29) is 6.61 Å². The smallest absolute Gasteiger partial charge is 0.1000 e. The topological polar surface area (TPSA) is 58.3 Å². The largest absolute Gasteiger partial charge is 0.396 e. The van der Waals surface area contributed by atoms with Crippen LogP contribution in [0.15, 0.2) is 12.3 Å². The molecule has 0 saturated carbocycles. The minimum absolute atomic E-state index is 0.0121. The van der Waals surface area contributed by atoms with Gasteiger partial charge in [0.25, 0.3) is 0 Å². The maximum absolute atomic E-state index is 9.47. The van der Waals surface area contributed by atoms with Gasteiger partial charge in [0, 0.05) is 25.8 Å². The highest BCUT2D eigenvalue weighted by Crippen LogP contribution is 2.13. The molecule has 0 aromatic carbocycles. The summed E-state index contributed by atoms with van der Waals surface area (Å²) < 4.78 is 1.80. The second kappa shape index (κ2) is 4.99. The Labute approximate surface area is 77.8 Å². The standard InChI is InChI=1S/C9H16N2O2/c1-2-5-11-6-3-8(10-11)9(13)4-7-12/h3,6,9,12-13H,2,4-5,7H2,1H3/t9-/m0/s1. The molecule has 0 aliphatic carbocycles. The fourth-order valence-corrected chi connectivity index (χ4v) is 1.18. The van der Waals surface area contributed by atoms with Gasteiger partial charge in [0.15, 0.2) is 0 Å². The van der Waals surface area contributed by atoms with Gasteiger partial charge in [-0.2, -0.15) is 5.10 Å². The average molecular weight is 184 g/mol. The molecule has 4 nitrogen and oxygen atoms in total. The number of hydrogen-bond acceptors (Lipinski definition) is 3. The Morgan fingerprint density at radius 1 is 1.62 bits per heavy atom. The van der Waals surface area contributed by atoms with Gasteiger partial charge in [-0.3, -0.25) is 4.68 Å². The van der Waals surface area contributed by atoms with Crippen LogP contribution in [-0.4, -0.2) is 26.6 Å². The van der Waals surface area contributed by atoms with E-state index in [4.69, 9.17) is 5.11 Å². The minimum atomic E-state index is -0.636. The molecule has 1 aromatic heterocycles. The highest BCUT2D eigenvalue weighted by Gasteiger charge is 2.09. The third-order valence-electron chi connectivity index (χ3n) is 1.86. The lowest BCUT2D eigenvalue weighted by atomic mass is 10.2. The molecular weight excluding hydrogens is 168 g/mol. The molecule has 0 fully saturated rings. The summed E-state index contributed by atoms with van der Waals surface area (Å²) >= 11 is 0. The zero-order valence-electron chi connectivity index (χ0n) is 7.85. The van der Waals surface area contributed by atoms with Crippen molar-refractivity contribution in [3.63, 3.8) is 0 Å². The van der Waals surface area contributed by atoms with E-state index in [9.17, 15) is 5.11 Å². The van der Waals surface area contributed by atoms with Crippen molar-refractivity contribution in [2.24, 2.45) is 0 Å². The molecule has 1 aromatic rings. The van der Waals surface area contributed by atoms with Crippen molar-refractivity contribution in [3.8, 4) is 0 Å². The normalized spacial score (nSPS) is 13.2. The molecule has 13 heavy (non-hydrogen) atoms. The molecule has 0 spiro atoms. The number of aliphatic hydroxyl groups is 2. The molecule has 2 N–H and O–H groups in total. The first-order valence-electron chi connectivity index (χ1n) is 4.60. The summed E-state index contributed by atoms with van der Waals surface area (Å²) in [6, 6.07) is 1.79. The Kier molecular flexibility index (Phi) is 3.92. The second-order valence-electron chi connectivity index (χ2n) is 3.03. The van der Waals surface area contributed by atoms with Crippen LogP contribution < -0.4 is 0 Å². The molecule has 0 unspecified atom stereocenters. The van der Waals surface area contributed by atoms with Crippen LogP contribution in [0.3, 0.4) is 0 Å². The zero-order valence-corrected chi connectivity index (χ0v) is 7.85. The van der Waals surface area contributed by atoms with Crippen LogP contribution >= 0.6 is 0 Å². The van der Waals surface area contributed by atoms with Crippen molar-refractivity contribution in [2.75, 3.05) is 6.61 Å².